The number of piperidine rings is 1. The minimum Gasteiger partial charge on any atom is -0.347 e. The van der Waals surface area contributed by atoms with Crippen LogP contribution in [0.25, 0.3) is 0 Å². The quantitative estimate of drug-likeness (QED) is 0.206. The molecule has 1 aromatic carbocycles. The summed E-state index contributed by atoms with van der Waals surface area (Å²) < 4.78 is 0. The van der Waals surface area contributed by atoms with Crippen LogP contribution in [0, 0.1) is 28.6 Å². The van der Waals surface area contributed by atoms with E-state index in [0.717, 1.165) is 32.1 Å². The van der Waals surface area contributed by atoms with Gasteiger partial charge in [0.2, 0.25) is 23.5 Å². The van der Waals surface area contributed by atoms with Crippen molar-refractivity contribution in [3.8, 4) is 0 Å². The van der Waals surface area contributed by atoms with E-state index in [1.165, 1.54) is 4.90 Å². The number of nitrogens with one attached hydrogen (secondary N) is 3. The molecule has 2 aliphatic carbocycles. The minimum absolute atomic E-state index is 0.0673. The lowest BCUT2D eigenvalue weighted by Crippen LogP contribution is -2.60. The molecule has 53 heavy (non-hydrogen) atoms. The molecule has 1 aromatic rings. The van der Waals surface area contributed by atoms with Gasteiger partial charge in [0.25, 0.3) is 0 Å². The van der Waals surface area contributed by atoms with Crippen molar-refractivity contribution in [1.82, 2.24) is 25.8 Å². The second-order valence-electron chi connectivity index (χ2n) is 17.2. The minimum atomic E-state index is -0.943. The highest BCUT2D eigenvalue weighted by atomic mass is 16.2. The maximum atomic E-state index is 14.3. The fourth-order valence-electron chi connectivity index (χ4n) is 8.34. The molecule has 3 unspecified atom stereocenters. The van der Waals surface area contributed by atoms with Crippen molar-refractivity contribution in [2.24, 2.45) is 28.6 Å². The lowest BCUT2D eigenvalue weighted by atomic mass is 9.83. The highest BCUT2D eigenvalue weighted by Gasteiger charge is 2.69. The van der Waals surface area contributed by atoms with Crippen LogP contribution in [-0.2, 0) is 28.8 Å². The Bertz CT molecular complexity index is 1530. The number of amides is 5. The SMILES string of the molecule is CCCC(CC(=O)[C@@H]1C2C(CN1C(=O)[C@@H](NC(=O)NC1CCCCC1)C(C)(C)C)C2(C)C)C(=O)C(=O)CCC(=O)N[C@H](C(=O)N(C)C)c1ccccc1. The maximum absolute atomic E-state index is 14.3. The second kappa shape index (κ2) is 17.4. The van der Waals surface area contributed by atoms with E-state index in [0.29, 0.717) is 24.9 Å². The van der Waals surface area contributed by atoms with Gasteiger partial charge in [-0.15, -0.1) is 0 Å². The summed E-state index contributed by atoms with van der Waals surface area (Å²) in [4.78, 5) is 97.3. The summed E-state index contributed by atoms with van der Waals surface area (Å²) in [6.45, 7) is 12.1. The summed E-state index contributed by atoms with van der Waals surface area (Å²) in [6.07, 6.45) is 5.09. The van der Waals surface area contributed by atoms with Gasteiger partial charge in [-0.25, -0.2) is 4.79 Å². The van der Waals surface area contributed by atoms with Crippen molar-refractivity contribution in [1.29, 1.82) is 0 Å². The Morgan fingerprint density at radius 1 is 0.925 bits per heavy atom. The first-order valence-electron chi connectivity index (χ1n) is 19.4. The first kappa shape index (κ1) is 41.7. The number of hydrogen-bond donors (Lipinski definition) is 3. The largest absolute Gasteiger partial charge is 0.347 e. The Balaban J connectivity index is 1.43. The van der Waals surface area contributed by atoms with Gasteiger partial charge in [-0.05, 0) is 47.5 Å². The van der Waals surface area contributed by atoms with Crippen LogP contribution in [0.5, 0.6) is 0 Å². The van der Waals surface area contributed by atoms with E-state index >= 15 is 0 Å². The molecule has 1 heterocycles. The molecule has 3 aliphatic rings. The van der Waals surface area contributed by atoms with E-state index in [1.54, 1.807) is 49.3 Å². The Morgan fingerprint density at radius 2 is 1.57 bits per heavy atom. The predicted octanol–water partition coefficient (Wildman–Crippen LogP) is 4.76. The van der Waals surface area contributed by atoms with E-state index < -0.39 is 53.0 Å². The van der Waals surface area contributed by atoms with Crippen molar-refractivity contribution >= 4 is 41.1 Å². The Morgan fingerprint density at radius 3 is 2.15 bits per heavy atom. The lowest BCUT2D eigenvalue weighted by Gasteiger charge is -2.38. The summed E-state index contributed by atoms with van der Waals surface area (Å²) in [5.74, 6) is -3.77. The number of urea groups is 1. The van der Waals surface area contributed by atoms with Crippen LogP contribution in [0.1, 0.15) is 117 Å². The summed E-state index contributed by atoms with van der Waals surface area (Å²) in [5, 5.41) is 8.68. The van der Waals surface area contributed by atoms with Gasteiger partial charge in [-0.1, -0.05) is 97.6 Å². The fourth-order valence-corrected chi connectivity index (χ4v) is 8.34. The average molecular weight is 736 g/mol. The zero-order chi connectivity index (χ0) is 39.2. The number of ketones is 3. The topological polar surface area (TPSA) is 162 Å². The molecule has 0 aromatic heterocycles. The molecule has 3 N–H and O–H groups in total. The van der Waals surface area contributed by atoms with Crippen LogP contribution in [-0.4, -0.2) is 89.7 Å². The number of benzene rings is 1. The number of hydrogen-bond acceptors (Lipinski definition) is 7. The number of likely N-dealkylation sites (N-methyl/N-ethyl adjacent to an activating group) is 1. The van der Waals surface area contributed by atoms with Gasteiger partial charge in [-0.2, -0.15) is 0 Å². The van der Waals surface area contributed by atoms with Crippen molar-refractivity contribution in [3.63, 3.8) is 0 Å². The predicted molar refractivity (Wildman–Crippen MR) is 201 cm³/mol. The first-order chi connectivity index (χ1) is 24.9. The third kappa shape index (κ3) is 10.1. The molecule has 5 amide bonds. The van der Waals surface area contributed by atoms with Gasteiger partial charge in [0.1, 0.15) is 12.1 Å². The van der Waals surface area contributed by atoms with Crippen LogP contribution in [0.3, 0.4) is 0 Å². The van der Waals surface area contributed by atoms with Crippen molar-refractivity contribution < 1.29 is 33.6 Å². The van der Waals surface area contributed by atoms with Gasteiger partial charge in [0.05, 0.1) is 6.04 Å². The van der Waals surface area contributed by atoms with Crippen molar-refractivity contribution in [3.05, 3.63) is 35.9 Å². The molecule has 1 aliphatic heterocycles. The van der Waals surface area contributed by atoms with E-state index in [4.69, 9.17) is 0 Å². The molecule has 1 saturated heterocycles. The third-order valence-electron chi connectivity index (χ3n) is 11.6. The third-order valence-corrected chi connectivity index (χ3v) is 11.6. The van der Waals surface area contributed by atoms with E-state index in [1.807, 2.05) is 27.7 Å². The van der Waals surface area contributed by atoms with E-state index in [2.05, 4.69) is 29.8 Å². The van der Waals surface area contributed by atoms with Crippen LogP contribution in [0.2, 0.25) is 0 Å². The Hall–Kier alpha value is -4.09. The Labute approximate surface area is 314 Å². The van der Waals surface area contributed by atoms with Crippen LogP contribution >= 0.6 is 0 Å². The monoisotopic (exact) mass is 735 g/mol. The lowest BCUT2D eigenvalue weighted by molar-refractivity contribution is -0.144. The number of likely N-dealkylation sites (tertiary alicyclic amines) is 1. The van der Waals surface area contributed by atoms with Gasteiger partial charge in [0, 0.05) is 51.9 Å². The number of carbonyl (C=O) groups excluding carboxylic acids is 7. The summed E-state index contributed by atoms with van der Waals surface area (Å²) in [7, 11) is 3.17. The standard InChI is InChI=1S/C41H61N5O7/c1-9-16-26(35(50)29(47)21-22-31(49)43-33(37(51)45(7)8)25-17-12-10-13-18-25)23-30(48)34-32-28(41(32,5)6)24-46(34)38(52)36(40(2,3)4)44-39(53)42-27-19-14-11-15-20-27/h10,12-13,17-18,26-28,32-34,36H,9,11,14-16,19-24H2,1-8H3,(H,43,49)(H2,42,44,53)/t26?,28?,32?,33-,34+,36+/m0/s1. The van der Waals surface area contributed by atoms with Crippen molar-refractivity contribution in [2.45, 2.75) is 130 Å². The van der Waals surface area contributed by atoms with E-state index in [-0.39, 0.29) is 60.2 Å². The van der Waals surface area contributed by atoms with Crippen LogP contribution in [0.4, 0.5) is 4.79 Å². The number of rotatable bonds is 16. The molecular formula is C41H61N5O7. The normalized spacial score (nSPS) is 22.4. The fraction of sp³-hybridized carbons (Fsp3) is 0.683. The smallest absolute Gasteiger partial charge is 0.315 e. The molecule has 12 nitrogen and oxygen atoms in total. The number of fused-ring (bicyclic) bond motifs is 1. The molecule has 0 spiro atoms. The van der Waals surface area contributed by atoms with Crippen LogP contribution < -0.4 is 16.0 Å². The molecule has 12 heteroatoms. The zero-order valence-corrected chi connectivity index (χ0v) is 33.0. The average Bonchev–Trinajstić information content (AvgIpc) is 3.41. The Kier molecular flexibility index (Phi) is 13.7. The molecule has 0 radical (unpaired) electrons. The second-order valence-corrected chi connectivity index (χ2v) is 17.2. The number of nitrogens with zero attached hydrogens (tertiary/aromatic N) is 2. The van der Waals surface area contributed by atoms with Crippen molar-refractivity contribution in [2.75, 3.05) is 20.6 Å². The molecule has 4 rings (SSSR count). The number of Topliss-reactive ketones (excluding diaryl/α,β-unsaturated/α-hetero) is 3. The van der Waals surface area contributed by atoms with Gasteiger partial charge >= 0.3 is 6.03 Å². The highest BCUT2D eigenvalue weighted by molar-refractivity contribution is 6.38. The first-order valence-corrected chi connectivity index (χ1v) is 19.4. The summed E-state index contributed by atoms with van der Waals surface area (Å²) in [5.41, 5.74) is -0.215. The molecule has 6 atom stereocenters. The summed E-state index contributed by atoms with van der Waals surface area (Å²) in [6, 6.07) is 5.87. The van der Waals surface area contributed by atoms with Gasteiger partial charge in [0.15, 0.2) is 11.6 Å². The molecule has 0 bridgehead atoms. The van der Waals surface area contributed by atoms with E-state index in [9.17, 15) is 33.6 Å². The summed E-state index contributed by atoms with van der Waals surface area (Å²) >= 11 is 0. The molecular weight excluding hydrogens is 674 g/mol. The highest BCUT2D eigenvalue weighted by Crippen LogP contribution is 2.65. The van der Waals surface area contributed by atoms with Gasteiger partial charge < -0.3 is 25.8 Å². The zero-order valence-electron chi connectivity index (χ0n) is 33.0. The maximum Gasteiger partial charge on any atom is 0.315 e. The molecule has 3 fully saturated rings. The van der Waals surface area contributed by atoms with Gasteiger partial charge in [-0.3, -0.25) is 28.8 Å². The number of carbonyl (C=O) groups is 7. The van der Waals surface area contributed by atoms with Crippen LogP contribution in [0.15, 0.2) is 30.3 Å². The molecule has 2 saturated carbocycles. The molecule has 292 valence electrons.